The van der Waals surface area contributed by atoms with E-state index in [9.17, 15) is 5.11 Å². The number of benzene rings is 2. The largest absolute Gasteiger partial charge is 0.508 e. The Balaban J connectivity index is 2.13. The van der Waals surface area contributed by atoms with Gasteiger partial charge in [0.05, 0.1) is 5.02 Å². The first-order chi connectivity index (χ1) is 9.56. The van der Waals surface area contributed by atoms with Gasteiger partial charge in [0.2, 0.25) is 0 Å². The lowest BCUT2D eigenvalue weighted by Crippen LogP contribution is -2.18. The Morgan fingerprint density at radius 3 is 2.55 bits per heavy atom. The van der Waals surface area contributed by atoms with Gasteiger partial charge in [-0.05, 0) is 42.7 Å². The molecule has 4 heteroatoms. The van der Waals surface area contributed by atoms with Gasteiger partial charge in [-0.15, -0.1) is 0 Å². The number of para-hydroxylation sites is 1. The molecule has 0 heterocycles. The summed E-state index contributed by atoms with van der Waals surface area (Å²) in [6, 6.07) is 12.6. The summed E-state index contributed by atoms with van der Waals surface area (Å²) < 4.78 is 5.83. The van der Waals surface area contributed by atoms with Crippen LogP contribution in [0.2, 0.25) is 5.02 Å². The molecule has 2 rings (SSSR count). The molecule has 0 amide bonds. The van der Waals surface area contributed by atoms with Gasteiger partial charge >= 0.3 is 0 Å². The van der Waals surface area contributed by atoms with Crippen LogP contribution in [0.1, 0.15) is 18.1 Å². The first-order valence-electron chi connectivity index (χ1n) is 6.50. The van der Waals surface area contributed by atoms with E-state index in [1.54, 1.807) is 18.2 Å². The molecule has 1 atom stereocenters. The van der Waals surface area contributed by atoms with Gasteiger partial charge in [0.15, 0.2) is 0 Å². The van der Waals surface area contributed by atoms with Crippen LogP contribution in [0, 0.1) is 0 Å². The molecule has 0 fully saturated rings. The van der Waals surface area contributed by atoms with Crippen molar-refractivity contribution in [1.29, 1.82) is 0 Å². The molecular formula is C16H18ClNO2. The predicted molar refractivity (Wildman–Crippen MR) is 81.2 cm³/mol. The van der Waals surface area contributed by atoms with Crippen LogP contribution in [0.15, 0.2) is 42.5 Å². The molecule has 0 spiro atoms. The zero-order chi connectivity index (χ0) is 14.5. The Labute approximate surface area is 123 Å². The minimum Gasteiger partial charge on any atom is -0.508 e. The maximum absolute atomic E-state index is 9.25. The van der Waals surface area contributed by atoms with Gasteiger partial charge in [-0.3, -0.25) is 0 Å². The molecule has 0 aliphatic rings. The number of aromatic hydroxyl groups is 1. The second-order valence-electron chi connectivity index (χ2n) is 4.86. The highest BCUT2D eigenvalue weighted by Gasteiger charge is 2.10. The topological polar surface area (TPSA) is 55.5 Å². The van der Waals surface area contributed by atoms with Crippen molar-refractivity contribution in [3.05, 3.63) is 58.6 Å². The van der Waals surface area contributed by atoms with Crippen molar-refractivity contribution < 1.29 is 9.84 Å². The van der Waals surface area contributed by atoms with E-state index in [0.29, 0.717) is 23.8 Å². The van der Waals surface area contributed by atoms with Crippen LogP contribution < -0.4 is 10.5 Å². The lowest BCUT2D eigenvalue weighted by atomic mass is 10.1. The molecule has 0 saturated carbocycles. The minimum absolute atomic E-state index is 0.0458. The summed E-state index contributed by atoms with van der Waals surface area (Å²) in [6.07, 6.45) is 0.714. The maximum Gasteiger partial charge on any atom is 0.141 e. The van der Waals surface area contributed by atoms with E-state index in [4.69, 9.17) is 22.1 Å². The van der Waals surface area contributed by atoms with Crippen LogP contribution in [0.3, 0.4) is 0 Å². The van der Waals surface area contributed by atoms with E-state index < -0.39 is 0 Å². The highest BCUT2D eigenvalue weighted by Crippen LogP contribution is 2.30. The van der Waals surface area contributed by atoms with E-state index in [1.807, 2.05) is 31.2 Å². The predicted octanol–water partition coefficient (Wildman–Crippen LogP) is 3.51. The second-order valence-corrected chi connectivity index (χ2v) is 5.27. The van der Waals surface area contributed by atoms with Crippen LogP contribution in [0.25, 0.3) is 0 Å². The van der Waals surface area contributed by atoms with Gasteiger partial charge in [0.25, 0.3) is 0 Å². The molecule has 3 nitrogen and oxygen atoms in total. The fourth-order valence-electron chi connectivity index (χ4n) is 1.97. The highest BCUT2D eigenvalue weighted by atomic mass is 35.5. The van der Waals surface area contributed by atoms with Crippen LogP contribution in [0.5, 0.6) is 11.5 Å². The van der Waals surface area contributed by atoms with Gasteiger partial charge in [-0.25, -0.2) is 0 Å². The molecule has 0 saturated heterocycles. The molecule has 0 aromatic heterocycles. The molecule has 0 aliphatic heterocycles. The van der Waals surface area contributed by atoms with Crippen molar-refractivity contribution in [2.75, 3.05) is 0 Å². The first kappa shape index (κ1) is 14.7. The lowest BCUT2D eigenvalue weighted by Gasteiger charge is -2.14. The molecule has 20 heavy (non-hydrogen) atoms. The molecule has 3 N–H and O–H groups in total. The average molecular weight is 292 g/mol. The monoisotopic (exact) mass is 291 g/mol. The molecule has 1 unspecified atom stereocenters. The number of phenolic OH excluding ortho intramolecular Hbond substituents is 1. The van der Waals surface area contributed by atoms with Crippen LogP contribution >= 0.6 is 11.6 Å². The third-order valence-corrected chi connectivity index (χ3v) is 3.21. The number of phenols is 1. The van der Waals surface area contributed by atoms with E-state index in [-0.39, 0.29) is 11.8 Å². The van der Waals surface area contributed by atoms with Gasteiger partial charge < -0.3 is 15.6 Å². The summed E-state index contributed by atoms with van der Waals surface area (Å²) in [5.74, 6) is 0.920. The molecule has 106 valence electrons. The third-order valence-electron chi connectivity index (χ3n) is 2.91. The van der Waals surface area contributed by atoms with Gasteiger partial charge in [0, 0.05) is 6.04 Å². The van der Waals surface area contributed by atoms with Crippen molar-refractivity contribution in [3.63, 3.8) is 0 Å². The Hall–Kier alpha value is -1.71. The SMILES string of the molecule is CC(N)Cc1cccc(Cl)c1OCc1ccc(O)cc1. The normalized spacial score (nSPS) is 12.2. The lowest BCUT2D eigenvalue weighted by molar-refractivity contribution is 0.302. The van der Waals surface area contributed by atoms with Crippen molar-refractivity contribution in [1.82, 2.24) is 0 Å². The summed E-state index contributed by atoms with van der Waals surface area (Å²) in [6.45, 7) is 2.35. The highest BCUT2D eigenvalue weighted by molar-refractivity contribution is 6.32. The summed E-state index contributed by atoms with van der Waals surface area (Å²) >= 11 is 6.20. The molecule has 2 aromatic carbocycles. The Kier molecular flexibility index (Phi) is 4.88. The Morgan fingerprint density at radius 2 is 1.90 bits per heavy atom. The smallest absolute Gasteiger partial charge is 0.141 e. The zero-order valence-corrected chi connectivity index (χ0v) is 12.1. The number of halogens is 1. The van der Waals surface area contributed by atoms with Crippen molar-refractivity contribution >= 4 is 11.6 Å². The number of ether oxygens (including phenoxy) is 1. The zero-order valence-electron chi connectivity index (χ0n) is 11.3. The Morgan fingerprint density at radius 1 is 1.20 bits per heavy atom. The molecule has 0 aliphatic carbocycles. The molecule has 0 bridgehead atoms. The number of hydrogen-bond donors (Lipinski definition) is 2. The summed E-state index contributed by atoms with van der Waals surface area (Å²) in [7, 11) is 0. The van der Waals surface area contributed by atoms with Crippen molar-refractivity contribution in [2.45, 2.75) is 26.0 Å². The summed E-state index contributed by atoms with van der Waals surface area (Å²) in [4.78, 5) is 0. The second kappa shape index (κ2) is 6.64. The van der Waals surface area contributed by atoms with E-state index in [1.165, 1.54) is 0 Å². The number of rotatable bonds is 5. The Bertz CT molecular complexity index is 567. The standard InChI is InChI=1S/C16H18ClNO2/c1-11(18)9-13-3-2-4-15(17)16(13)20-10-12-5-7-14(19)8-6-12/h2-8,11,19H,9-10,18H2,1H3. The van der Waals surface area contributed by atoms with Crippen molar-refractivity contribution in [3.8, 4) is 11.5 Å². The van der Waals surface area contributed by atoms with Gasteiger partial charge in [-0.1, -0.05) is 35.9 Å². The maximum atomic E-state index is 9.25. The average Bonchev–Trinajstić information content (AvgIpc) is 2.39. The quantitative estimate of drug-likeness (QED) is 0.886. The van der Waals surface area contributed by atoms with E-state index in [2.05, 4.69) is 0 Å². The summed E-state index contributed by atoms with van der Waals surface area (Å²) in [5.41, 5.74) is 7.81. The van der Waals surface area contributed by atoms with Gasteiger partial charge in [-0.2, -0.15) is 0 Å². The summed E-state index contributed by atoms with van der Waals surface area (Å²) in [5, 5.41) is 9.84. The third kappa shape index (κ3) is 3.89. The van der Waals surface area contributed by atoms with Crippen LogP contribution in [-0.4, -0.2) is 11.1 Å². The number of hydrogen-bond acceptors (Lipinski definition) is 3. The van der Waals surface area contributed by atoms with Crippen LogP contribution in [-0.2, 0) is 13.0 Å². The number of nitrogens with two attached hydrogens (primary N) is 1. The van der Waals surface area contributed by atoms with E-state index in [0.717, 1.165) is 11.1 Å². The molecule has 2 aromatic rings. The van der Waals surface area contributed by atoms with Crippen molar-refractivity contribution in [2.24, 2.45) is 5.73 Å². The van der Waals surface area contributed by atoms with Crippen LogP contribution in [0.4, 0.5) is 0 Å². The van der Waals surface area contributed by atoms with Gasteiger partial charge in [0.1, 0.15) is 18.1 Å². The van der Waals surface area contributed by atoms with E-state index >= 15 is 0 Å². The first-order valence-corrected chi connectivity index (χ1v) is 6.87. The fraction of sp³-hybridized carbons (Fsp3) is 0.250. The minimum atomic E-state index is 0.0458. The molecular weight excluding hydrogens is 274 g/mol. The molecule has 0 radical (unpaired) electrons. The fourth-order valence-corrected chi connectivity index (χ4v) is 2.22.